The van der Waals surface area contributed by atoms with E-state index in [0.29, 0.717) is 5.92 Å². The third kappa shape index (κ3) is 2.39. The molecular weight excluding hydrogens is 264 g/mol. The van der Waals surface area contributed by atoms with Gasteiger partial charge in [0.05, 0.1) is 11.0 Å². The van der Waals surface area contributed by atoms with Crippen molar-refractivity contribution in [2.75, 3.05) is 18.5 Å². The second-order valence-electron chi connectivity index (χ2n) is 6.48. The van der Waals surface area contributed by atoms with Crippen LogP contribution in [0.5, 0.6) is 0 Å². The molecule has 0 aromatic carbocycles. The van der Waals surface area contributed by atoms with Gasteiger partial charge in [0.25, 0.3) is 0 Å². The minimum absolute atomic E-state index is 0.218. The lowest BCUT2D eigenvalue weighted by Gasteiger charge is -2.47. The lowest BCUT2D eigenvalue weighted by atomic mass is 9.72. The summed E-state index contributed by atoms with van der Waals surface area (Å²) in [7, 11) is 0. The standard InChI is InChI=1S/C16H22N4O/c1-11-19-14-13(3-7-17-14)15(20-11)18-10-12-4-8-21-16(9-12)5-2-6-16/h3,7,12H,2,4-6,8-10H2,1H3,(H2,17,18,19,20)/t12-/m0/s1. The van der Waals surface area contributed by atoms with Crippen LogP contribution in [-0.2, 0) is 4.74 Å². The first kappa shape index (κ1) is 13.1. The van der Waals surface area contributed by atoms with Crippen LogP contribution >= 0.6 is 0 Å². The van der Waals surface area contributed by atoms with Crippen LogP contribution in [0.3, 0.4) is 0 Å². The van der Waals surface area contributed by atoms with Crippen molar-refractivity contribution in [2.45, 2.75) is 44.6 Å². The molecule has 0 radical (unpaired) electrons. The first-order valence-corrected chi connectivity index (χ1v) is 7.94. The Balaban J connectivity index is 1.47. The highest BCUT2D eigenvalue weighted by atomic mass is 16.5. The number of aryl methyl sites for hydroxylation is 1. The van der Waals surface area contributed by atoms with E-state index in [-0.39, 0.29) is 5.60 Å². The van der Waals surface area contributed by atoms with Crippen LogP contribution in [0.25, 0.3) is 11.0 Å². The lowest BCUT2D eigenvalue weighted by molar-refractivity contribution is -0.141. The Labute approximate surface area is 124 Å². The highest BCUT2D eigenvalue weighted by Gasteiger charge is 2.42. The largest absolute Gasteiger partial charge is 0.375 e. The van der Waals surface area contributed by atoms with Gasteiger partial charge in [-0.05, 0) is 51.0 Å². The van der Waals surface area contributed by atoms with Crippen molar-refractivity contribution in [3.05, 3.63) is 18.1 Å². The Morgan fingerprint density at radius 2 is 2.33 bits per heavy atom. The molecule has 2 aromatic rings. The van der Waals surface area contributed by atoms with E-state index in [2.05, 4.69) is 20.3 Å². The monoisotopic (exact) mass is 286 g/mol. The Bertz CT molecular complexity index is 647. The summed E-state index contributed by atoms with van der Waals surface area (Å²) < 4.78 is 6.00. The quantitative estimate of drug-likeness (QED) is 0.910. The summed E-state index contributed by atoms with van der Waals surface area (Å²) in [5, 5.41) is 4.62. The molecule has 1 aliphatic carbocycles. The van der Waals surface area contributed by atoms with E-state index >= 15 is 0 Å². The molecule has 5 nitrogen and oxygen atoms in total. The van der Waals surface area contributed by atoms with E-state index in [4.69, 9.17) is 4.74 Å². The molecular formula is C16H22N4O. The van der Waals surface area contributed by atoms with Crippen molar-refractivity contribution >= 4 is 16.9 Å². The fourth-order valence-corrected chi connectivity index (χ4v) is 3.65. The predicted molar refractivity (Wildman–Crippen MR) is 82.4 cm³/mol. The molecule has 1 saturated carbocycles. The summed E-state index contributed by atoms with van der Waals surface area (Å²) in [6.07, 6.45) is 8.09. The van der Waals surface area contributed by atoms with E-state index in [0.717, 1.165) is 42.2 Å². The normalized spacial score (nSPS) is 24.1. The van der Waals surface area contributed by atoms with Crippen molar-refractivity contribution in [1.29, 1.82) is 0 Å². The van der Waals surface area contributed by atoms with Gasteiger partial charge in [-0.1, -0.05) is 0 Å². The van der Waals surface area contributed by atoms with E-state index in [9.17, 15) is 0 Å². The molecule has 1 spiro atoms. The van der Waals surface area contributed by atoms with Crippen LogP contribution in [0.15, 0.2) is 12.3 Å². The summed E-state index contributed by atoms with van der Waals surface area (Å²) >= 11 is 0. The Morgan fingerprint density at radius 3 is 3.14 bits per heavy atom. The number of aromatic amines is 1. The molecule has 0 bridgehead atoms. The van der Waals surface area contributed by atoms with Crippen LogP contribution in [0, 0.1) is 12.8 Å². The molecule has 0 amide bonds. The molecule has 1 aliphatic heterocycles. The van der Waals surface area contributed by atoms with Gasteiger partial charge in [-0.15, -0.1) is 0 Å². The number of nitrogens with zero attached hydrogens (tertiary/aromatic N) is 2. The predicted octanol–water partition coefficient (Wildman–Crippen LogP) is 3.03. The van der Waals surface area contributed by atoms with E-state index < -0.39 is 0 Å². The van der Waals surface area contributed by atoms with Gasteiger partial charge >= 0.3 is 0 Å². The van der Waals surface area contributed by atoms with Crippen LogP contribution in [0.1, 0.15) is 37.9 Å². The SMILES string of the molecule is Cc1nc(NC[C@H]2CCOC3(CCC3)C2)c2cc[nH]c2n1. The fraction of sp³-hybridized carbons (Fsp3) is 0.625. The Morgan fingerprint density at radius 1 is 1.43 bits per heavy atom. The van der Waals surface area contributed by atoms with Crippen molar-refractivity contribution in [3.63, 3.8) is 0 Å². The topological polar surface area (TPSA) is 62.8 Å². The zero-order valence-corrected chi connectivity index (χ0v) is 12.5. The van der Waals surface area contributed by atoms with Gasteiger partial charge in [0.1, 0.15) is 17.3 Å². The van der Waals surface area contributed by atoms with Crippen LogP contribution in [-0.4, -0.2) is 33.7 Å². The molecule has 4 rings (SSSR count). The molecule has 2 aliphatic rings. The molecule has 1 atom stereocenters. The summed E-state index contributed by atoms with van der Waals surface area (Å²) in [5.41, 5.74) is 1.13. The summed E-state index contributed by atoms with van der Waals surface area (Å²) in [6.45, 7) is 3.82. The van der Waals surface area contributed by atoms with Crippen LogP contribution < -0.4 is 5.32 Å². The van der Waals surface area contributed by atoms with Crippen molar-refractivity contribution < 1.29 is 4.74 Å². The lowest BCUT2D eigenvalue weighted by Crippen LogP contribution is -2.46. The van der Waals surface area contributed by atoms with Crippen molar-refractivity contribution in [2.24, 2.45) is 5.92 Å². The first-order valence-electron chi connectivity index (χ1n) is 7.94. The van der Waals surface area contributed by atoms with Crippen LogP contribution in [0.2, 0.25) is 0 Å². The maximum atomic E-state index is 6.00. The Kier molecular flexibility index (Phi) is 3.10. The number of rotatable bonds is 3. The van der Waals surface area contributed by atoms with Gasteiger partial charge in [-0.3, -0.25) is 0 Å². The van der Waals surface area contributed by atoms with Gasteiger partial charge in [-0.2, -0.15) is 0 Å². The third-order valence-electron chi connectivity index (χ3n) is 4.95. The molecule has 2 N–H and O–H groups in total. The van der Waals surface area contributed by atoms with Gasteiger partial charge < -0.3 is 15.0 Å². The fourth-order valence-electron chi connectivity index (χ4n) is 3.65. The van der Waals surface area contributed by atoms with Gasteiger partial charge in [0, 0.05) is 19.3 Å². The number of hydrogen-bond acceptors (Lipinski definition) is 4. The highest BCUT2D eigenvalue weighted by Crippen LogP contribution is 2.44. The number of hydrogen-bond donors (Lipinski definition) is 2. The molecule has 0 unspecified atom stereocenters. The molecule has 3 heterocycles. The minimum atomic E-state index is 0.218. The molecule has 2 fully saturated rings. The highest BCUT2D eigenvalue weighted by molar-refractivity contribution is 5.86. The summed E-state index contributed by atoms with van der Waals surface area (Å²) in [5.74, 6) is 2.44. The Hall–Kier alpha value is -1.62. The van der Waals surface area contributed by atoms with E-state index in [1.54, 1.807) is 0 Å². The molecule has 2 aromatic heterocycles. The third-order valence-corrected chi connectivity index (χ3v) is 4.95. The smallest absolute Gasteiger partial charge is 0.143 e. The average Bonchev–Trinajstić information content (AvgIpc) is 2.91. The molecule has 1 saturated heterocycles. The maximum absolute atomic E-state index is 6.00. The second-order valence-corrected chi connectivity index (χ2v) is 6.48. The van der Waals surface area contributed by atoms with Crippen molar-refractivity contribution in [1.82, 2.24) is 15.0 Å². The van der Waals surface area contributed by atoms with E-state index in [1.807, 2.05) is 19.2 Å². The number of ether oxygens (including phenoxy) is 1. The molecule has 5 heteroatoms. The van der Waals surface area contributed by atoms with Crippen molar-refractivity contribution in [3.8, 4) is 0 Å². The zero-order chi connectivity index (χ0) is 14.3. The van der Waals surface area contributed by atoms with Gasteiger partial charge in [-0.25, -0.2) is 9.97 Å². The number of anilines is 1. The van der Waals surface area contributed by atoms with Crippen LogP contribution in [0.4, 0.5) is 5.82 Å². The summed E-state index contributed by atoms with van der Waals surface area (Å²) in [6, 6.07) is 2.04. The first-order chi connectivity index (χ1) is 10.2. The van der Waals surface area contributed by atoms with Gasteiger partial charge in [0.15, 0.2) is 0 Å². The number of aromatic nitrogens is 3. The minimum Gasteiger partial charge on any atom is -0.375 e. The number of fused-ring (bicyclic) bond motifs is 1. The van der Waals surface area contributed by atoms with Gasteiger partial charge in [0.2, 0.25) is 0 Å². The molecule has 21 heavy (non-hydrogen) atoms. The number of H-pyrrole nitrogens is 1. The summed E-state index contributed by atoms with van der Waals surface area (Å²) in [4.78, 5) is 12.1. The second kappa shape index (κ2) is 4.98. The molecule has 112 valence electrons. The zero-order valence-electron chi connectivity index (χ0n) is 12.5. The average molecular weight is 286 g/mol. The van der Waals surface area contributed by atoms with E-state index in [1.165, 1.54) is 25.7 Å². The number of nitrogens with one attached hydrogen (secondary N) is 2. The maximum Gasteiger partial charge on any atom is 0.143 e.